The molecular formula is C20H31IN4O3S. The van der Waals surface area contributed by atoms with Gasteiger partial charge in [-0.05, 0) is 45.4 Å². The smallest absolute Gasteiger partial charge is 0.203 e. The molecule has 0 atom stereocenters. The molecule has 2 aromatic rings. The number of benzene rings is 1. The third-order valence-electron chi connectivity index (χ3n) is 3.99. The first-order valence-corrected chi connectivity index (χ1v) is 10.2. The summed E-state index contributed by atoms with van der Waals surface area (Å²) in [5, 5.41) is 7.72. The summed E-state index contributed by atoms with van der Waals surface area (Å²) >= 11 is 1.70. The Labute approximate surface area is 194 Å². The van der Waals surface area contributed by atoms with E-state index in [0.29, 0.717) is 36.9 Å². The topological polar surface area (TPSA) is 77.0 Å². The standard InChI is InChI=1S/C20H30N4O3S.HI/c1-7-21-20(23-12-18-13(3)24-14(4)28-18)22-11-15-9-16(25-5)19(27-8-2)17(10-15)26-6;/h9-10H,7-8,11-12H2,1-6H3,(H2,21,22,23);1H. The largest absolute Gasteiger partial charge is 0.493 e. The van der Waals surface area contributed by atoms with Crippen molar-refractivity contribution < 1.29 is 14.2 Å². The Kier molecular flexibility index (Phi) is 11.1. The van der Waals surface area contributed by atoms with Crippen LogP contribution in [-0.2, 0) is 13.1 Å². The average molecular weight is 534 g/mol. The second kappa shape index (κ2) is 12.7. The van der Waals surface area contributed by atoms with Crippen LogP contribution >= 0.6 is 35.3 Å². The fourth-order valence-electron chi connectivity index (χ4n) is 2.73. The van der Waals surface area contributed by atoms with Crippen molar-refractivity contribution in [1.82, 2.24) is 15.6 Å². The van der Waals surface area contributed by atoms with Crippen molar-refractivity contribution >= 4 is 41.3 Å². The third-order valence-corrected chi connectivity index (χ3v) is 5.06. The highest BCUT2D eigenvalue weighted by molar-refractivity contribution is 14.0. The predicted molar refractivity (Wildman–Crippen MR) is 129 cm³/mol. The number of hydrogen-bond acceptors (Lipinski definition) is 6. The quantitative estimate of drug-likeness (QED) is 0.287. The monoisotopic (exact) mass is 534 g/mol. The molecule has 2 rings (SSSR count). The summed E-state index contributed by atoms with van der Waals surface area (Å²) in [6.07, 6.45) is 0. The van der Waals surface area contributed by atoms with E-state index in [-0.39, 0.29) is 24.0 Å². The lowest BCUT2D eigenvalue weighted by Crippen LogP contribution is -2.36. The summed E-state index contributed by atoms with van der Waals surface area (Å²) in [6, 6.07) is 3.86. The van der Waals surface area contributed by atoms with E-state index in [0.717, 1.165) is 28.8 Å². The van der Waals surface area contributed by atoms with Gasteiger partial charge in [-0.25, -0.2) is 9.98 Å². The Balaban J connectivity index is 0.00000420. The molecule has 1 aromatic heterocycles. The summed E-state index contributed by atoms with van der Waals surface area (Å²) < 4.78 is 16.6. The first-order valence-electron chi connectivity index (χ1n) is 9.35. The Morgan fingerprint density at radius 3 is 2.24 bits per heavy atom. The third kappa shape index (κ3) is 7.22. The van der Waals surface area contributed by atoms with Gasteiger partial charge in [0.15, 0.2) is 17.5 Å². The van der Waals surface area contributed by atoms with E-state index in [9.17, 15) is 0 Å². The molecule has 7 nitrogen and oxygen atoms in total. The van der Waals surface area contributed by atoms with Gasteiger partial charge in [0, 0.05) is 11.4 Å². The average Bonchev–Trinajstić information content (AvgIpc) is 3.01. The molecule has 0 aliphatic carbocycles. The molecule has 1 heterocycles. The van der Waals surface area contributed by atoms with E-state index in [1.807, 2.05) is 39.8 Å². The van der Waals surface area contributed by atoms with Crippen molar-refractivity contribution in [2.24, 2.45) is 4.99 Å². The van der Waals surface area contributed by atoms with Crippen LogP contribution in [0.2, 0.25) is 0 Å². The predicted octanol–water partition coefficient (Wildman–Crippen LogP) is 4.05. The van der Waals surface area contributed by atoms with Crippen LogP contribution in [0, 0.1) is 13.8 Å². The van der Waals surface area contributed by atoms with E-state index in [4.69, 9.17) is 14.2 Å². The van der Waals surface area contributed by atoms with Gasteiger partial charge in [0.05, 0.1) is 44.6 Å². The van der Waals surface area contributed by atoms with Crippen molar-refractivity contribution in [2.75, 3.05) is 27.4 Å². The minimum Gasteiger partial charge on any atom is -0.493 e. The number of guanidine groups is 1. The molecule has 0 aliphatic rings. The maximum atomic E-state index is 5.65. The minimum absolute atomic E-state index is 0. The molecule has 0 bridgehead atoms. The lowest BCUT2D eigenvalue weighted by molar-refractivity contribution is 0.288. The number of aliphatic imine (C=N–C) groups is 1. The Morgan fingerprint density at radius 1 is 1.10 bits per heavy atom. The molecule has 1 aromatic carbocycles. The van der Waals surface area contributed by atoms with Crippen molar-refractivity contribution in [3.8, 4) is 17.2 Å². The van der Waals surface area contributed by atoms with E-state index in [1.54, 1.807) is 25.6 Å². The second-order valence-electron chi connectivity index (χ2n) is 6.05. The van der Waals surface area contributed by atoms with Crippen LogP contribution in [-0.4, -0.2) is 38.3 Å². The lowest BCUT2D eigenvalue weighted by Gasteiger charge is -2.15. The molecule has 0 fully saturated rings. The van der Waals surface area contributed by atoms with Crippen LogP contribution in [0.4, 0.5) is 0 Å². The number of nitrogens with one attached hydrogen (secondary N) is 2. The summed E-state index contributed by atoms with van der Waals surface area (Å²) in [5.74, 6) is 2.64. The number of halogens is 1. The van der Waals surface area contributed by atoms with Crippen LogP contribution in [0.15, 0.2) is 17.1 Å². The van der Waals surface area contributed by atoms with Crippen molar-refractivity contribution in [2.45, 2.75) is 40.8 Å². The number of hydrogen-bond donors (Lipinski definition) is 2. The molecule has 162 valence electrons. The number of aryl methyl sites for hydroxylation is 2. The molecule has 0 amide bonds. The second-order valence-corrected chi connectivity index (χ2v) is 7.34. The molecule has 0 spiro atoms. The zero-order chi connectivity index (χ0) is 20.5. The molecule has 2 N–H and O–H groups in total. The lowest BCUT2D eigenvalue weighted by atomic mass is 10.2. The summed E-state index contributed by atoms with van der Waals surface area (Å²) in [7, 11) is 3.24. The van der Waals surface area contributed by atoms with E-state index in [2.05, 4.69) is 20.6 Å². The molecule has 0 saturated heterocycles. The van der Waals surface area contributed by atoms with E-state index < -0.39 is 0 Å². The van der Waals surface area contributed by atoms with Gasteiger partial charge in [-0.3, -0.25) is 0 Å². The maximum Gasteiger partial charge on any atom is 0.203 e. The molecule has 9 heteroatoms. The molecule has 0 unspecified atom stereocenters. The summed E-state index contributed by atoms with van der Waals surface area (Å²) in [4.78, 5) is 10.4. The number of methoxy groups -OCH3 is 2. The fourth-order valence-corrected chi connectivity index (χ4v) is 3.60. The highest BCUT2D eigenvalue weighted by atomic mass is 127. The van der Waals surface area contributed by atoms with Crippen LogP contribution in [0.1, 0.15) is 35.0 Å². The van der Waals surface area contributed by atoms with Gasteiger partial charge in [-0.1, -0.05) is 0 Å². The van der Waals surface area contributed by atoms with Crippen LogP contribution in [0.3, 0.4) is 0 Å². The summed E-state index contributed by atoms with van der Waals surface area (Å²) in [6.45, 7) is 10.5. The minimum atomic E-state index is 0. The zero-order valence-electron chi connectivity index (χ0n) is 17.9. The zero-order valence-corrected chi connectivity index (χ0v) is 21.1. The van der Waals surface area contributed by atoms with Crippen LogP contribution < -0.4 is 24.8 Å². The van der Waals surface area contributed by atoms with Crippen LogP contribution in [0.5, 0.6) is 17.2 Å². The Hall–Kier alpha value is -1.75. The Morgan fingerprint density at radius 2 is 1.76 bits per heavy atom. The van der Waals surface area contributed by atoms with Gasteiger partial charge < -0.3 is 24.8 Å². The van der Waals surface area contributed by atoms with E-state index >= 15 is 0 Å². The van der Waals surface area contributed by atoms with Crippen molar-refractivity contribution in [3.63, 3.8) is 0 Å². The normalized spacial score (nSPS) is 10.9. The molecule has 0 radical (unpaired) electrons. The van der Waals surface area contributed by atoms with Crippen LogP contribution in [0.25, 0.3) is 0 Å². The Bertz CT molecular complexity index is 786. The molecule has 0 saturated carbocycles. The first kappa shape index (κ1) is 25.3. The SMILES string of the molecule is CCNC(=NCc1cc(OC)c(OCC)c(OC)c1)NCc1sc(C)nc1C.I. The van der Waals surface area contributed by atoms with Gasteiger partial charge >= 0.3 is 0 Å². The van der Waals surface area contributed by atoms with Crippen molar-refractivity contribution in [3.05, 3.63) is 33.3 Å². The molecule has 29 heavy (non-hydrogen) atoms. The highest BCUT2D eigenvalue weighted by Crippen LogP contribution is 2.38. The number of thiazole rings is 1. The molecule has 0 aliphatic heterocycles. The fraction of sp³-hybridized carbons (Fsp3) is 0.500. The van der Waals surface area contributed by atoms with E-state index in [1.165, 1.54) is 4.88 Å². The van der Waals surface area contributed by atoms with Gasteiger partial charge in [0.25, 0.3) is 0 Å². The molecular weight excluding hydrogens is 503 g/mol. The number of rotatable bonds is 9. The van der Waals surface area contributed by atoms with Gasteiger partial charge in [0.2, 0.25) is 5.75 Å². The number of ether oxygens (including phenoxy) is 3. The number of aromatic nitrogens is 1. The first-order chi connectivity index (χ1) is 13.5. The van der Waals surface area contributed by atoms with Crippen molar-refractivity contribution in [1.29, 1.82) is 0 Å². The maximum absolute atomic E-state index is 5.65. The van der Waals surface area contributed by atoms with Gasteiger partial charge in [0.1, 0.15) is 0 Å². The van der Waals surface area contributed by atoms with Gasteiger partial charge in [-0.2, -0.15) is 0 Å². The van der Waals surface area contributed by atoms with Gasteiger partial charge in [-0.15, -0.1) is 35.3 Å². The highest BCUT2D eigenvalue weighted by Gasteiger charge is 2.14. The summed E-state index contributed by atoms with van der Waals surface area (Å²) in [5.41, 5.74) is 2.03. The number of nitrogens with zero attached hydrogens (tertiary/aromatic N) is 2.